The SMILES string of the molecule is CCc1nnc(-c2c(C)c(C(=O)c3c(C)c(-c4nnc(CC)o4)n(C(F)F)c3C)c(C)n2C(F)F)o1. The molecule has 0 saturated heterocycles. The number of nitrogens with zero attached hydrogens (tertiary/aromatic N) is 6. The molecule has 0 aliphatic rings. The molecule has 9 nitrogen and oxygen atoms in total. The van der Waals surface area contributed by atoms with Gasteiger partial charge in [-0.15, -0.1) is 20.4 Å². The summed E-state index contributed by atoms with van der Waals surface area (Å²) in [5.74, 6) is -0.540. The highest BCUT2D eigenvalue weighted by Crippen LogP contribution is 2.39. The summed E-state index contributed by atoms with van der Waals surface area (Å²) in [6.45, 7) is 3.15. The van der Waals surface area contributed by atoms with Crippen molar-refractivity contribution in [1.29, 1.82) is 0 Å². The molecule has 13 heteroatoms. The van der Waals surface area contributed by atoms with Gasteiger partial charge < -0.3 is 8.83 Å². The Bertz CT molecular complexity index is 1340. The van der Waals surface area contributed by atoms with Crippen molar-refractivity contribution in [3.05, 3.63) is 45.4 Å². The minimum Gasteiger partial charge on any atom is -0.419 e. The molecule has 192 valence electrons. The Hall–Kier alpha value is -3.77. The first-order valence-corrected chi connectivity index (χ1v) is 11.2. The Morgan fingerprint density at radius 1 is 0.722 bits per heavy atom. The molecule has 0 aliphatic heterocycles. The molecule has 0 saturated carbocycles. The molecule has 4 aromatic rings. The second-order valence-electron chi connectivity index (χ2n) is 8.20. The number of aromatic nitrogens is 6. The standard InChI is InChI=1S/C23H24F4N6O3/c1-7-13-28-30-20(35-13)17-9(3)15(11(5)32(17)22(24)25)19(34)16-10(4)18(33(12(16)6)23(26)27)21-31-29-14(8-2)36-21/h22-23H,7-8H2,1-6H3. The number of halogens is 4. The maximum atomic E-state index is 14.1. The van der Waals surface area contributed by atoms with Gasteiger partial charge in [0.25, 0.3) is 11.8 Å². The number of carbonyl (C=O) groups is 1. The van der Waals surface area contributed by atoms with Crippen molar-refractivity contribution < 1.29 is 31.2 Å². The molecule has 0 atom stereocenters. The highest BCUT2D eigenvalue weighted by molar-refractivity contribution is 6.14. The van der Waals surface area contributed by atoms with Gasteiger partial charge in [-0.25, -0.2) is 0 Å². The van der Waals surface area contributed by atoms with Gasteiger partial charge in [-0.05, 0) is 38.8 Å². The van der Waals surface area contributed by atoms with Gasteiger partial charge in [-0.3, -0.25) is 13.9 Å². The fourth-order valence-corrected chi connectivity index (χ4v) is 4.51. The zero-order valence-corrected chi connectivity index (χ0v) is 20.5. The quantitative estimate of drug-likeness (QED) is 0.220. The van der Waals surface area contributed by atoms with Crippen molar-refractivity contribution in [2.75, 3.05) is 0 Å². The predicted molar refractivity (Wildman–Crippen MR) is 119 cm³/mol. The molecule has 4 rings (SSSR count). The van der Waals surface area contributed by atoms with Crippen LogP contribution in [0.15, 0.2) is 8.83 Å². The van der Waals surface area contributed by atoms with E-state index in [1.165, 1.54) is 27.7 Å². The van der Waals surface area contributed by atoms with E-state index in [0.29, 0.717) is 22.0 Å². The number of aryl methyl sites for hydroxylation is 2. The largest absolute Gasteiger partial charge is 0.419 e. The van der Waals surface area contributed by atoms with Crippen molar-refractivity contribution in [1.82, 2.24) is 29.5 Å². The first kappa shape index (κ1) is 25.3. The highest BCUT2D eigenvalue weighted by Gasteiger charge is 2.35. The summed E-state index contributed by atoms with van der Waals surface area (Å²) in [4.78, 5) is 13.8. The van der Waals surface area contributed by atoms with E-state index in [2.05, 4.69) is 20.4 Å². The Balaban J connectivity index is 1.95. The fourth-order valence-electron chi connectivity index (χ4n) is 4.51. The maximum absolute atomic E-state index is 14.1. The second-order valence-corrected chi connectivity index (χ2v) is 8.20. The van der Waals surface area contributed by atoms with Crippen LogP contribution in [-0.4, -0.2) is 35.3 Å². The highest BCUT2D eigenvalue weighted by atomic mass is 19.3. The molecular weight excluding hydrogens is 484 g/mol. The zero-order chi connectivity index (χ0) is 26.5. The van der Waals surface area contributed by atoms with E-state index < -0.39 is 18.9 Å². The number of hydrogen-bond acceptors (Lipinski definition) is 7. The number of ketones is 1. The monoisotopic (exact) mass is 508 g/mol. The predicted octanol–water partition coefficient (Wildman–Crippen LogP) is 5.77. The smallest absolute Gasteiger partial charge is 0.319 e. The average Bonchev–Trinajstić information content (AvgIpc) is 3.57. The van der Waals surface area contributed by atoms with Crippen LogP contribution < -0.4 is 0 Å². The van der Waals surface area contributed by atoms with Gasteiger partial charge in [0.2, 0.25) is 11.8 Å². The molecule has 4 heterocycles. The third-order valence-corrected chi connectivity index (χ3v) is 6.18. The molecule has 0 spiro atoms. The number of alkyl halides is 4. The molecule has 0 unspecified atom stereocenters. The minimum atomic E-state index is -3.02. The van der Waals surface area contributed by atoms with Crippen molar-refractivity contribution in [2.45, 2.75) is 67.5 Å². The summed E-state index contributed by atoms with van der Waals surface area (Å²) in [7, 11) is 0. The molecule has 0 aliphatic carbocycles. The van der Waals surface area contributed by atoms with E-state index in [0.717, 1.165) is 0 Å². The molecular formula is C23H24F4N6O3. The zero-order valence-electron chi connectivity index (χ0n) is 20.5. The lowest BCUT2D eigenvalue weighted by atomic mass is 9.96. The van der Waals surface area contributed by atoms with Crippen LogP contribution in [0.3, 0.4) is 0 Å². The van der Waals surface area contributed by atoms with Gasteiger partial charge >= 0.3 is 13.1 Å². The van der Waals surface area contributed by atoms with E-state index in [9.17, 15) is 22.4 Å². The van der Waals surface area contributed by atoms with Crippen LogP contribution in [0.25, 0.3) is 23.2 Å². The molecule has 4 aromatic heterocycles. The Morgan fingerprint density at radius 3 is 1.36 bits per heavy atom. The van der Waals surface area contributed by atoms with Gasteiger partial charge in [-0.1, -0.05) is 13.8 Å². The van der Waals surface area contributed by atoms with Crippen molar-refractivity contribution in [3.63, 3.8) is 0 Å². The first-order chi connectivity index (χ1) is 17.0. The van der Waals surface area contributed by atoms with Crippen LogP contribution >= 0.6 is 0 Å². The molecule has 0 fully saturated rings. The molecule has 0 N–H and O–H groups in total. The summed E-state index contributed by atoms with van der Waals surface area (Å²) in [6, 6.07) is 0. The number of hydrogen-bond donors (Lipinski definition) is 0. The van der Waals surface area contributed by atoms with Crippen molar-refractivity contribution >= 4 is 5.78 Å². The summed E-state index contributed by atoms with van der Waals surface area (Å²) < 4.78 is 68.8. The summed E-state index contributed by atoms with van der Waals surface area (Å²) in [5.41, 5.74) is -0.126. The van der Waals surface area contributed by atoms with E-state index in [4.69, 9.17) is 8.83 Å². The third kappa shape index (κ3) is 3.82. The van der Waals surface area contributed by atoms with Gasteiger partial charge in [0, 0.05) is 35.4 Å². The van der Waals surface area contributed by atoms with Crippen molar-refractivity contribution in [2.24, 2.45) is 0 Å². The summed E-state index contributed by atoms with van der Waals surface area (Å²) in [6.07, 6.45) is 0.786. The van der Waals surface area contributed by atoms with Crippen LogP contribution in [0.1, 0.15) is 77.2 Å². The summed E-state index contributed by atoms with van der Waals surface area (Å²) >= 11 is 0. The van der Waals surface area contributed by atoms with Gasteiger partial charge in [0.15, 0.2) is 5.78 Å². The van der Waals surface area contributed by atoms with Gasteiger partial charge in [-0.2, -0.15) is 17.6 Å². The molecule has 0 bridgehead atoms. The number of carbonyl (C=O) groups excluding carboxylic acids is 1. The lowest BCUT2D eigenvalue weighted by Crippen LogP contribution is -2.09. The molecule has 36 heavy (non-hydrogen) atoms. The Labute approximate surface area is 203 Å². The first-order valence-electron chi connectivity index (χ1n) is 11.2. The van der Waals surface area contributed by atoms with E-state index in [1.54, 1.807) is 13.8 Å². The minimum absolute atomic E-state index is 0.0602. The fraction of sp³-hybridized carbons (Fsp3) is 0.435. The van der Waals surface area contributed by atoms with Gasteiger partial charge in [0.1, 0.15) is 11.4 Å². The lowest BCUT2D eigenvalue weighted by Gasteiger charge is -2.09. The summed E-state index contributed by atoms with van der Waals surface area (Å²) in [5, 5.41) is 15.4. The molecule has 0 radical (unpaired) electrons. The second kappa shape index (κ2) is 9.36. The van der Waals surface area contributed by atoms with E-state index in [1.807, 2.05) is 0 Å². The lowest BCUT2D eigenvalue weighted by molar-refractivity contribution is 0.0694. The van der Waals surface area contributed by atoms with Crippen LogP contribution in [0.4, 0.5) is 17.6 Å². The third-order valence-electron chi connectivity index (χ3n) is 6.18. The molecule has 0 aromatic carbocycles. The average molecular weight is 508 g/mol. The van der Waals surface area contributed by atoms with Crippen LogP contribution in [0.2, 0.25) is 0 Å². The molecule has 0 amide bonds. The Morgan fingerprint density at radius 2 is 1.08 bits per heavy atom. The Kier molecular flexibility index (Phi) is 6.58. The van der Waals surface area contributed by atoms with Crippen LogP contribution in [0, 0.1) is 27.7 Å². The van der Waals surface area contributed by atoms with Crippen molar-refractivity contribution in [3.8, 4) is 23.2 Å². The van der Waals surface area contributed by atoms with Crippen LogP contribution in [0.5, 0.6) is 0 Å². The maximum Gasteiger partial charge on any atom is 0.319 e. The van der Waals surface area contributed by atoms with Gasteiger partial charge in [0.05, 0.1) is 0 Å². The normalized spacial score (nSPS) is 11.9. The van der Waals surface area contributed by atoms with E-state index >= 15 is 0 Å². The van der Waals surface area contributed by atoms with Crippen LogP contribution in [-0.2, 0) is 12.8 Å². The number of rotatable bonds is 8. The van der Waals surface area contributed by atoms with E-state index in [-0.39, 0.29) is 68.6 Å². The topological polar surface area (TPSA) is 105 Å².